The number of allylic oxidation sites excluding steroid dienone is 1. The Labute approximate surface area is 196 Å². The molecule has 2 aliphatic rings. The molecule has 2 N–H and O–H groups in total. The Hall–Kier alpha value is -3.53. The number of nitrogens with zero attached hydrogens (tertiary/aromatic N) is 1. The summed E-state index contributed by atoms with van der Waals surface area (Å²) in [6, 6.07) is 27.1. The summed E-state index contributed by atoms with van der Waals surface area (Å²) in [5.74, 6) is 0.395. The van der Waals surface area contributed by atoms with Gasteiger partial charge in [0.25, 0.3) is 0 Å². The lowest BCUT2D eigenvalue weighted by Gasteiger charge is -2.30. The number of ketones is 1. The van der Waals surface area contributed by atoms with E-state index in [0.29, 0.717) is 6.42 Å². The van der Waals surface area contributed by atoms with Gasteiger partial charge in [0.2, 0.25) is 0 Å². The number of nitrogens with one attached hydrogen (secondary N) is 2. The summed E-state index contributed by atoms with van der Waals surface area (Å²) >= 11 is 0. The molecule has 0 saturated carbocycles. The van der Waals surface area contributed by atoms with Crippen molar-refractivity contribution in [3.05, 3.63) is 101 Å². The summed E-state index contributed by atoms with van der Waals surface area (Å²) in [5.41, 5.74) is 7.53. The van der Waals surface area contributed by atoms with Crippen LogP contribution in [-0.4, -0.2) is 18.9 Å². The quantitative estimate of drug-likeness (QED) is 0.477. The Balaban J connectivity index is 1.51. The molecular formula is C29H31N3O. The van der Waals surface area contributed by atoms with Crippen molar-refractivity contribution in [2.24, 2.45) is 0 Å². The van der Waals surface area contributed by atoms with Crippen LogP contribution in [0.25, 0.3) is 0 Å². The van der Waals surface area contributed by atoms with E-state index in [-0.39, 0.29) is 17.7 Å². The topological polar surface area (TPSA) is 44.4 Å². The van der Waals surface area contributed by atoms with Gasteiger partial charge >= 0.3 is 0 Å². The van der Waals surface area contributed by atoms with Crippen molar-refractivity contribution >= 4 is 22.8 Å². The number of para-hydroxylation sites is 2. The first-order valence-electron chi connectivity index (χ1n) is 12.0. The summed E-state index contributed by atoms with van der Waals surface area (Å²) in [4.78, 5) is 16.0. The van der Waals surface area contributed by atoms with E-state index in [1.165, 1.54) is 11.3 Å². The van der Waals surface area contributed by atoms with Crippen molar-refractivity contribution in [2.45, 2.75) is 38.6 Å². The number of hydrogen-bond acceptors (Lipinski definition) is 4. The van der Waals surface area contributed by atoms with Crippen LogP contribution in [0.2, 0.25) is 0 Å². The Kier molecular flexibility index (Phi) is 5.91. The van der Waals surface area contributed by atoms with Crippen LogP contribution in [0.5, 0.6) is 0 Å². The molecule has 0 unspecified atom stereocenters. The fourth-order valence-corrected chi connectivity index (χ4v) is 5.17. The van der Waals surface area contributed by atoms with Crippen LogP contribution in [0.1, 0.15) is 49.8 Å². The average Bonchev–Trinajstić information content (AvgIpc) is 3.03. The van der Waals surface area contributed by atoms with Crippen molar-refractivity contribution in [1.82, 2.24) is 0 Å². The molecule has 0 bridgehead atoms. The highest BCUT2D eigenvalue weighted by atomic mass is 16.1. The maximum atomic E-state index is 13.6. The highest BCUT2D eigenvalue weighted by molar-refractivity contribution is 6.01. The summed E-state index contributed by atoms with van der Waals surface area (Å²) in [6.07, 6.45) is 1.36. The fraction of sp³-hybridized carbons (Fsp3) is 0.276. The molecule has 0 fully saturated rings. The predicted octanol–water partition coefficient (Wildman–Crippen LogP) is 6.51. The van der Waals surface area contributed by atoms with Crippen LogP contribution >= 0.6 is 0 Å². The van der Waals surface area contributed by atoms with Crippen molar-refractivity contribution < 1.29 is 4.79 Å². The van der Waals surface area contributed by atoms with Gasteiger partial charge in [-0.2, -0.15) is 0 Å². The molecule has 0 aromatic heterocycles. The summed E-state index contributed by atoms with van der Waals surface area (Å²) in [7, 11) is 0. The largest absolute Gasteiger partial charge is 0.372 e. The monoisotopic (exact) mass is 437 g/mol. The number of carbonyl (C=O) groups excluding carboxylic acids is 1. The van der Waals surface area contributed by atoms with E-state index >= 15 is 0 Å². The highest BCUT2D eigenvalue weighted by Gasteiger charge is 2.35. The van der Waals surface area contributed by atoms with E-state index in [1.807, 2.05) is 30.3 Å². The second-order valence-corrected chi connectivity index (χ2v) is 8.84. The van der Waals surface area contributed by atoms with E-state index in [2.05, 4.69) is 77.9 Å². The van der Waals surface area contributed by atoms with Crippen LogP contribution in [0, 0.1) is 0 Å². The van der Waals surface area contributed by atoms with Crippen LogP contribution in [-0.2, 0) is 4.79 Å². The third kappa shape index (κ3) is 4.13. The molecule has 0 saturated heterocycles. The van der Waals surface area contributed by atoms with Crippen molar-refractivity contribution in [1.29, 1.82) is 0 Å². The maximum Gasteiger partial charge on any atom is 0.163 e. The molecule has 168 valence electrons. The minimum Gasteiger partial charge on any atom is -0.372 e. The maximum absolute atomic E-state index is 13.6. The lowest BCUT2D eigenvalue weighted by atomic mass is 9.78. The van der Waals surface area contributed by atoms with Gasteiger partial charge in [0, 0.05) is 36.5 Å². The molecule has 4 nitrogen and oxygen atoms in total. The Morgan fingerprint density at radius 1 is 0.788 bits per heavy atom. The van der Waals surface area contributed by atoms with Gasteiger partial charge in [0.1, 0.15) is 0 Å². The SMILES string of the molecule is CCN(CC)c1ccc([C@@H]2CC(=O)C3=C(C2)Nc2ccccc2N[C@H]3c2ccccc2)cc1. The summed E-state index contributed by atoms with van der Waals surface area (Å²) in [6.45, 7) is 6.34. The standard InChI is InChI=1S/C29H31N3O/c1-3-32(4-2)23-16-14-20(15-17-23)22-18-26-28(27(33)19-22)29(21-10-6-5-7-11-21)31-25-13-9-8-12-24(25)30-26/h5-17,22,29-31H,3-4,18-19H2,1-2H3/t22-,29-/m0/s1. The molecule has 3 aromatic carbocycles. The minimum absolute atomic E-state index is 0.157. The van der Waals surface area contributed by atoms with E-state index in [9.17, 15) is 4.79 Å². The molecule has 3 aromatic rings. The van der Waals surface area contributed by atoms with Gasteiger partial charge in [-0.15, -0.1) is 0 Å². The lowest BCUT2D eigenvalue weighted by Crippen LogP contribution is -2.27. The molecule has 1 aliphatic heterocycles. The zero-order chi connectivity index (χ0) is 22.8. The number of fused-ring (bicyclic) bond motifs is 1. The molecular weight excluding hydrogens is 406 g/mol. The predicted molar refractivity (Wildman–Crippen MR) is 137 cm³/mol. The van der Waals surface area contributed by atoms with E-state index in [4.69, 9.17) is 0 Å². The molecule has 1 heterocycles. The van der Waals surface area contributed by atoms with Crippen molar-refractivity contribution in [2.75, 3.05) is 28.6 Å². The number of rotatable bonds is 5. The number of anilines is 3. The van der Waals surface area contributed by atoms with Gasteiger partial charge in [-0.3, -0.25) is 4.79 Å². The lowest BCUT2D eigenvalue weighted by molar-refractivity contribution is -0.116. The first-order valence-corrected chi connectivity index (χ1v) is 12.0. The smallest absolute Gasteiger partial charge is 0.163 e. The second-order valence-electron chi connectivity index (χ2n) is 8.84. The Morgan fingerprint density at radius 3 is 2.15 bits per heavy atom. The molecule has 0 amide bonds. The van der Waals surface area contributed by atoms with Gasteiger partial charge in [-0.05, 0) is 61.6 Å². The van der Waals surface area contributed by atoms with E-state index in [1.54, 1.807) is 0 Å². The van der Waals surface area contributed by atoms with Crippen LogP contribution in [0.3, 0.4) is 0 Å². The molecule has 0 spiro atoms. The van der Waals surface area contributed by atoms with Crippen LogP contribution in [0.15, 0.2) is 90.1 Å². The third-order valence-electron chi connectivity index (χ3n) is 6.93. The van der Waals surface area contributed by atoms with E-state index in [0.717, 1.165) is 47.7 Å². The first-order chi connectivity index (χ1) is 16.2. The van der Waals surface area contributed by atoms with Gasteiger partial charge in [0.15, 0.2) is 5.78 Å². The molecule has 0 radical (unpaired) electrons. The normalized spacial score (nSPS) is 19.6. The minimum atomic E-state index is -0.157. The second kappa shape index (κ2) is 9.14. The highest BCUT2D eigenvalue weighted by Crippen LogP contribution is 2.44. The van der Waals surface area contributed by atoms with Gasteiger partial charge in [-0.25, -0.2) is 0 Å². The fourth-order valence-electron chi connectivity index (χ4n) is 5.17. The number of hydrogen-bond donors (Lipinski definition) is 2. The summed E-state index contributed by atoms with van der Waals surface area (Å²) < 4.78 is 0. The molecule has 2 atom stereocenters. The van der Waals surface area contributed by atoms with Gasteiger partial charge in [0.05, 0.1) is 17.4 Å². The zero-order valence-electron chi connectivity index (χ0n) is 19.3. The van der Waals surface area contributed by atoms with Crippen molar-refractivity contribution in [3.8, 4) is 0 Å². The van der Waals surface area contributed by atoms with Crippen LogP contribution in [0.4, 0.5) is 17.1 Å². The molecule has 33 heavy (non-hydrogen) atoms. The van der Waals surface area contributed by atoms with E-state index < -0.39 is 0 Å². The first kappa shape index (κ1) is 21.3. The van der Waals surface area contributed by atoms with Gasteiger partial charge in [-0.1, -0.05) is 54.6 Å². The number of Topliss-reactive ketones (excluding diaryl/α,β-unsaturated/α-hetero) is 1. The third-order valence-corrected chi connectivity index (χ3v) is 6.93. The van der Waals surface area contributed by atoms with Crippen LogP contribution < -0.4 is 15.5 Å². The Bertz CT molecular complexity index is 1160. The van der Waals surface area contributed by atoms with Crippen molar-refractivity contribution in [3.63, 3.8) is 0 Å². The summed E-state index contributed by atoms with van der Waals surface area (Å²) in [5, 5.41) is 7.27. The average molecular weight is 438 g/mol. The number of carbonyl (C=O) groups is 1. The zero-order valence-corrected chi connectivity index (χ0v) is 19.3. The molecule has 5 rings (SSSR count). The molecule has 4 heteroatoms. The number of benzene rings is 3. The molecule has 1 aliphatic carbocycles. The van der Waals surface area contributed by atoms with Gasteiger partial charge < -0.3 is 15.5 Å². The Morgan fingerprint density at radius 2 is 1.45 bits per heavy atom.